The Hall–Kier alpha value is -3.51. The fourth-order valence-electron chi connectivity index (χ4n) is 4.26. The molecule has 166 valence electrons. The zero-order chi connectivity index (χ0) is 22.9. The summed E-state index contributed by atoms with van der Waals surface area (Å²) in [6, 6.07) is 19.6. The maximum atomic E-state index is 13.5. The lowest BCUT2D eigenvalue weighted by Gasteiger charge is -2.15. The van der Waals surface area contributed by atoms with Gasteiger partial charge in [0, 0.05) is 30.7 Å². The van der Waals surface area contributed by atoms with E-state index in [1.54, 1.807) is 6.26 Å². The molecule has 33 heavy (non-hydrogen) atoms. The lowest BCUT2D eigenvalue weighted by molar-refractivity contribution is -0.136. The summed E-state index contributed by atoms with van der Waals surface area (Å²) in [7, 11) is 2.01. The fraction of sp³-hybridized carbons (Fsp3) is 0.185. The number of aryl methyl sites for hydroxylation is 2. The van der Waals surface area contributed by atoms with Crippen molar-refractivity contribution >= 4 is 40.1 Å². The fourth-order valence-corrected chi connectivity index (χ4v) is 5.29. The normalized spacial score (nSPS) is 14.2. The minimum absolute atomic E-state index is 0.229. The predicted molar refractivity (Wildman–Crippen MR) is 131 cm³/mol. The maximum Gasteiger partial charge on any atom is 0.268 e. The molecule has 1 aliphatic rings. The topological polar surface area (TPSA) is 55.5 Å². The van der Waals surface area contributed by atoms with Crippen LogP contribution in [0.15, 0.2) is 82.4 Å². The Morgan fingerprint density at radius 2 is 1.73 bits per heavy atom. The van der Waals surface area contributed by atoms with Gasteiger partial charge < -0.3 is 8.98 Å². The number of aromatic nitrogens is 1. The number of furan rings is 1. The molecule has 0 saturated carbocycles. The number of para-hydroxylation sites is 1. The number of nitrogens with zero attached hydrogens (tertiary/aromatic N) is 2. The number of benzene rings is 2. The zero-order valence-electron chi connectivity index (χ0n) is 18.6. The molecule has 0 atom stereocenters. The summed E-state index contributed by atoms with van der Waals surface area (Å²) in [4.78, 5) is 28.7. The number of amides is 2. The number of imide groups is 1. The average Bonchev–Trinajstić information content (AvgIpc) is 3.51. The lowest BCUT2D eigenvalue weighted by Crippen LogP contribution is -2.33. The van der Waals surface area contributed by atoms with E-state index < -0.39 is 0 Å². The third kappa shape index (κ3) is 4.02. The van der Waals surface area contributed by atoms with Crippen LogP contribution in [0.5, 0.6) is 0 Å². The molecule has 0 bridgehead atoms. The number of hydrogen-bond acceptors (Lipinski definition) is 4. The molecule has 0 spiro atoms. The highest BCUT2D eigenvalue weighted by atomic mass is 32.2. The Kier molecular flexibility index (Phi) is 5.68. The third-order valence-corrected chi connectivity index (χ3v) is 7.09. The summed E-state index contributed by atoms with van der Waals surface area (Å²) in [6.45, 7) is 2.34. The highest BCUT2D eigenvalue weighted by Crippen LogP contribution is 2.38. The van der Waals surface area contributed by atoms with Gasteiger partial charge in [0.25, 0.3) is 11.8 Å². The summed E-state index contributed by atoms with van der Waals surface area (Å²) in [5.74, 6) is 0.803. The molecular weight excluding hydrogens is 432 g/mol. The molecule has 1 aliphatic heterocycles. The Morgan fingerprint density at radius 3 is 2.48 bits per heavy atom. The van der Waals surface area contributed by atoms with Gasteiger partial charge in [-0.1, -0.05) is 48.0 Å². The SMILES string of the molecule is Cc1ccc(C2=C(SCc3ccco3)C(=O)N(CCc3cn(C)c4ccccc34)C2=O)cc1. The molecule has 0 aliphatic carbocycles. The summed E-state index contributed by atoms with van der Waals surface area (Å²) in [5, 5.41) is 1.15. The first-order valence-corrected chi connectivity index (χ1v) is 11.9. The van der Waals surface area contributed by atoms with E-state index in [2.05, 4.69) is 22.9 Å². The number of carbonyl (C=O) groups excluding carboxylic acids is 2. The van der Waals surface area contributed by atoms with E-state index >= 15 is 0 Å². The standard InChI is InChI=1S/C27H24N2O3S/c1-18-9-11-19(12-10-18)24-25(33-17-21-6-5-15-32-21)27(31)29(26(24)30)14-13-20-16-28(2)23-8-4-3-7-22(20)23/h3-12,15-16H,13-14,17H2,1-2H3. The first kappa shape index (κ1) is 21.3. The molecule has 0 unspecified atom stereocenters. The van der Waals surface area contributed by atoms with Gasteiger partial charge in [0.1, 0.15) is 5.76 Å². The van der Waals surface area contributed by atoms with Gasteiger partial charge in [0.05, 0.1) is 22.5 Å². The zero-order valence-corrected chi connectivity index (χ0v) is 19.4. The molecule has 0 radical (unpaired) electrons. The average molecular weight is 457 g/mol. The van der Waals surface area contributed by atoms with E-state index in [0.29, 0.717) is 29.2 Å². The summed E-state index contributed by atoms with van der Waals surface area (Å²) in [5.41, 5.74) is 4.62. The Labute approximate surface area is 196 Å². The van der Waals surface area contributed by atoms with Crippen molar-refractivity contribution in [3.05, 3.63) is 100 Å². The van der Waals surface area contributed by atoms with Gasteiger partial charge in [-0.15, -0.1) is 11.8 Å². The van der Waals surface area contributed by atoms with Crippen LogP contribution in [-0.4, -0.2) is 27.8 Å². The van der Waals surface area contributed by atoms with Crippen molar-refractivity contribution in [3.63, 3.8) is 0 Å². The number of carbonyl (C=O) groups is 2. The molecule has 0 N–H and O–H groups in total. The van der Waals surface area contributed by atoms with Crippen LogP contribution in [0.3, 0.4) is 0 Å². The van der Waals surface area contributed by atoms with Gasteiger partial charge in [-0.3, -0.25) is 14.5 Å². The molecule has 0 saturated heterocycles. The summed E-state index contributed by atoms with van der Waals surface area (Å²) < 4.78 is 7.51. The van der Waals surface area contributed by atoms with Crippen molar-refractivity contribution in [3.8, 4) is 0 Å². The number of thioether (sulfide) groups is 1. The van der Waals surface area contributed by atoms with Crippen LogP contribution < -0.4 is 0 Å². The quantitative estimate of drug-likeness (QED) is 0.353. The van der Waals surface area contributed by atoms with Crippen LogP contribution in [-0.2, 0) is 28.8 Å². The van der Waals surface area contributed by atoms with Gasteiger partial charge in [0.15, 0.2) is 0 Å². The van der Waals surface area contributed by atoms with Gasteiger partial charge in [0.2, 0.25) is 0 Å². The van der Waals surface area contributed by atoms with Crippen molar-refractivity contribution in [1.82, 2.24) is 9.47 Å². The van der Waals surface area contributed by atoms with E-state index in [-0.39, 0.29) is 11.8 Å². The highest BCUT2D eigenvalue weighted by Gasteiger charge is 2.39. The Morgan fingerprint density at radius 1 is 0.939 bits per heavy atom. The van der Waals surface area contributed by atoms with Crippen molar-refractivity contribution < 1.29 is 14.0 Å². The van der Waals surface area contributed by atoms with E-state index in [1.165, 1.54) is 16.7 Å². The minimum atomic E-state index is -0.231. The number of hydrogen-bond donors (Lipinski definition) is 0. The molecular formula is C27H24N2O3S. The van der Waals surface area contributed by atoms with Crippen LogP contribution in [0.25, 0.3) is 16.5 Å². The minimum Gasteiger partial charge on any atom is -0.468 e. The van der Waals surface area contributed by atoms with Gasteiger partial charge in [-0.25, -0.2) is 0 Å². The van der Waals surface area contributed by atoms with Crippen molar-refractivity contribution in [2.45, 2.75) is 19.1 Å². The first-order chi connectivity index (χ1) is 16.0. The molecule has 5 rings (SSSR count). The number of fused-ring (bicyclic) bond motifs is 1. The predicted octanol–water partition coefficient (Wildman–Crippen LogP) is 5.34. The van der Waals surface area contributed by atoms with Crippen LogP contribution in [0, 0.1) is 6.92 Å². The van der Waals surface area contributed by atoms with E-state index in [9.17, 15) is 9.59 Å². The molecule has 4 aromatic rings. The lowest BCUT2D eigenvalue weighted by atomic mass is 10.0. The van der Waals surface area contributed by atoms with Gasteiger partial charge >= 0.3 is 0 Å². The van der Waals surface area contributed by atoms with Crippen LogP contribution in [0.2, 0.25) is 0 Å². The van der Waals surface area contributed by atoms with E-state index in [1.807, 2.05) is 62.5 Å². The monoisotopic (exact) mass is 456 g/mol. The smallest absolute Gasteiger partial charge is 0.268 e. The molecule has 2 aromatic heterocycles. The molecule has 2 aromatic carbocycles. The van der Waals surface area contributed by atoms with E-state index in [4.69, 9.17) is 4.42 Å². The summed E-state index contributed by atoms with van der Waals surface area (Å²) in [6.07, 6.45) is 4.30. The Balaban J connectivity index is 1.43. The molecule has 5 nitrogen and oxygen atoms in total. The van der Waals surface area contributed by atoms with Crippen molar-refractivity contribution in [1.29, 1.82) is 0 Å². The van der Waals surface area contributed by atoms with Crippen LogP contribution in [0.1, 0.15) is 22.5 Å². The second-order valence-electron chi connectivity index (χ2n) is 8.23. The second-order valence-corrected chi connectivity index (χ2v) is 9.22. The number of rotatable bonds is 7. The molecule has 2 amide bonds. The highest BCUT2D eigenvalue weighted by molar-refractivity contribution is 8.03. The van der Waals surface area contributed by atoms with Gasteiger partial charge in [-0.05, 0) is 42.7 Å². The van der Waals surface area contributed by atoms with Crippen LogP contribution >= 0.6 is 11.8 Å². The van der Waals surface area contributed by atoms with Crippen molar-refractivity contribution in [2.75, 3.05) is 6.54 Å². The van der Waals surface area contributed by atoms with Crippen molar-refractivity contribution in [2.24, 2.45) is 7.05 Å². The van der Waals surface area contributed by atoms with Crippen LogP contribution in [0.4, 0.5) is 0 Å². The maximum absolute atomic E-state index is 13.5. The molecule has 0 fully saturated rings. The second kappa shape index (κ2) is 8.79. The Bertz CT molecular complexity index is 1360. The molecule has 3 heterocycles. The molecule has 6 heteroatoms. The summed E-state index contributed by atoms with van der Waals surface area (Å²) >= 11 is 1.36. The van der Waals surface area contributed by atoms with E-state index in [0.717, 1.165) is 33.4 Å². The van der Waals surface area contributed by atoms with Gasteiger partial charge in [-0.2, -0.15) is 0 Å². The first-order valence-electron chi connectivity index (χ1n) is 10.9. The largest absolute Gasteiger partial charge is 0.468 e. The third-order valence-electron chi connectivity index (χ3n) is 5.99.